The van der Waals surface area contributed by atoms with Gasteiger partial charge in [0.15, 0.2) is 28.9 Å². The number of carbonyl (C=O) groups is 5. The molecule has 1 aromatic carbocycles. The lowest BCUT2D eigenvalue weighted by molar-refractivity contribution is -0.268. The van der Waals surface area contributed by atoms with E-state index in [0.717, 1.165) is 44.4 Å². The van der Waals surface area contributed by atoms with E-state index < -0.39 is 67.0 Å². The normalized spacial score (nSPS) is 26.2. The smallest absolute Gasteiger partial charge is 0.303 e. The first kappa shape index (κ1) is 29.6. The van der Waals surface area contributed by atoms with E-state index in [2.05, 4.69) is 0 Å². The van der Waals surface area contributed by atoms with Gasteiger partial charge in [0.2, 0.25) is 0 Å². The van der Waals surface area contributed by atoms with E-state index in [1.807, 2.05) is 0 Å². The maximum Gasteiger partial charge on any atom is 0.303 e. The van der Waals surface area contributed by atoms with Crippen LogP contribution in [0.15, 0.2) is 29.2 Å². The van der Waals surface area contributed by atoms with Crippen molar-refractivity contribution in [1.29, 1.82) is 0 Å². The Morgan fingerprint density at radius 3 is 2.05 bits per heavy atom. The summed E-state index contributed by atoms with van der Waals surface area (Å²) in [7, 11) is 0. The minimum atomic E-state index is -1.45. The van der Waals surface area contributed by atoms with Crippen LogP contribution in [0.3, 0.4) is 0 Å². The van der Waals surface area contributed by atoms with Gasteiger partial charge in [0.1, 0.15) is 12.7 Å². The van der Waals surface area contributed by atoms with Gasteiger partial charge in [-0.15, -0.1) is 0 Å². The zero-order valence-corrected chi connectivity index (χ0v) is 23.1. The average molecular weight is 586 g/mol. The molecule has 2 aliphatic heterocycles. The van der Waals surface area contributed by atoms with Crippen molar-refractivity contribution in [3.8, 4) is 0 Å². The maximum atomic E-state index is 13.5. The van der Waals surface area contributed by atoms with Crippen LogP contribution < -0.4 is 0 Å². The quantitative estimate of drug-likeness (QED) is 0.201. The predicted octanol–water partition coefficient (Wildman–Crippen LogP) is 2.62. The predicted molar refractivity (Wildman–Crippen MR) is 138 cm³/mol. The second-order valence-corrected chi connectivity index (χ2v) is 10.3. The number of halogens is 1. The van der Waals surface area contributed by atoms with Crippen molar-refractivity contribution in [2.45, 2.75) is 58.3 Å². The van der Waals surface area contributed by atoms with Gasteiger partial charge < -0.3 is 23.7 Å². The molecule has 0 saturated carbocycles. The van der Waals surface area contributed by atoms with Crippen molar-refractivity contribution in [3.63, 3.8) is 0 Å². The molecule has 0 aliphatic carbocycles. The SMILES string of the molecule is CC(=O)OC[C@H]1O[C@@H](N2C(=O)/C(=C\c3ccc(Cl)cc3)SC2=S)[C@@H](OC(C)=O)[C@@H](OC(C)=O)[C@H]1OC(C)=O. The van der Waals surface area contributed by atoms with Gasteiger partial charge in [0, 0.05) is 32.7 Å². The first-order valence-electron chi connectivity index (χ1n) is 11.2. The summed E-state index contributed by atoms with van der Waals surface area (Å²) < 4.78 is 27.4. The lowest BCUT2D eigenvalue weighted by Crippen LogP contribution is -2.66. The molecule has 0 aromatic heterocycles. The Bertz CT molecular complexity index is 1170. The Labute approximate surface area is 232 Å². The number of rotatable bonds is 7. The monoisotopic (exact) mass is 585 g/mol. The average Bonchev–Trinajstić information content (AvgIpc) is 3.08. The number of hydrogen-bond acceptors (Lipinski definition) is 12. The van der Waals surface area contributed by atoms with Crippen LogP contribution in [0.25, 0.3) is 6.08 Å². The van der Waals surface area contributed by atoms with Crippen LogP contribution in [-0.4, -0.2) is 76.3 Å². The zero-order valence-electron chi connectivity index (χ0n) is 20.7. The summed E-state index contributed by atoms with van der Waals surface area (Å²) in [5, 5.41) is 0.521. The third-order valence-electron chi connectivity index (χ3n) is 5.21. The summed E-state index contributed by atoms with van der Waals surface area (Å²) in [6, 6.07) is 6.74. The third kappa shape index (κ3) is 7.31. The number of benzene rings is 1. The van der Waals surface area contributed by atoms with Crippen molar-refractivity contribution in [1.82, 2.24) is 4.90 Å². The molecule has 2 fully saturated rings. The molecular formula is C24H24ClNO10S2. The van der Waals surface area contributed by atoms with Gasteiger partial charge >= 0.3 is 23.9 Å². The fourth-order valence-electron chi connectivity index (χ4n) is 3.82. The Balaban J connectivity index is 2.04. The van der Waals surface area contributed by atoms with Gasteiger partial charge in [-0.1, -0.05) is 47.7 Å². The van der Waals surface area contributed by atoms with Gasteiger partial charge in [0.25, 0.3) is 5.91 Å². The van der Waals surface area contributed by atoms with Crippen molar-refractivity contribution >= 4 is 75.8 Å². The summed E-state index contributed by atoms with van der Waals surface area (Å²) in [6.07, 6.45) is -5.26. The number of thiocarbonyl (C=S) groups is 1. The molecule has 3 rings (SSSR count). The highest BCUT2D eigenvalue weighted by Crippen LogP contribution is 2.39. The van der Waals surface area contributed by atoms with E-state index in [1.165, 1.54) is 0 Å². The minimum absolute atomic E-state index is 0.0658. The van der Waals surface area contributed by atoms with Gasteiger partial charge in [0.05, 0.1) is 4.91 Å². The highest BCUT2D eigenvalue weighted by atomic mass is 35.5. The van der Waals surface area contributed by atoms with Crippen LogP contribution in [0.2, 0.25) is 5.02 Å². The molecule has 2 heterocycles. The number of amides is 1. The number of nitrogens with zero attached hydrogens (tertiary/aromatic N) is 1. The summed E-state index contributed by atoms with van der Waals surface area (Å²) >= 11 is 12.4. The first-order chi connectivity index (χ1) is 17.9. The number of ether oxygens (including phenoxy) is 5. The van der Waals surface area contributed by atoms with Crippen molar-refractivity contribution < 1.29 is 47.7 Å². The van der Waals surface area contributed by atoms with E-state index in [-0.39, 0.29) is 9.23 Å². The molecule has 0 bridgehead atoms. The van der Waals surface area contributed by atoms with Gasteiger partial charge in [-0.05, 0) is 23.8 Å². The molecule has 0 spiro atoms. The molecule has 0 N–H and O–H groups in total. The van der Waals surface area contributed by atoms with Crippen LogP contribution in [0, 0.1) is 0 Å². The van der Waals surface area contributed by atoms with Crippen molar-refractivity contribution in [2.75, 3.05) is 6.61 Å². The van der Waals surface area contributed by atoms with Crippen LogP contribution in [0.5, 0.6) is 0 Å². The van der Waals surface area contributed by atoms with E-state index in [9.17, 15) is 24.0 Å². The van der Waals surface area contributed by atoms with Crippen LogP contribution >= 0.6 is 35.6 Å². The highest BCUT2D eigenvalue weighted by Gasteiger charge is 2.56. The van der Waals surface area contributed by atoms with E-state index in [4.69, 9.17) is 47.5 Å². The molecule has 0 unspecified atom stereocenters. The first-order valence-corrected chi connectivity index (χ1v) is 12.8. The van der Waals surface area contributed by atoms with Gasteiger partial charge in [-0.2, -0.15) is 0 Å². The van der Waals surface area contributed by atoms with Crippen LogP contribution in [0.4, 0.5) is 0 Å². The Morgan fingerprint density at radius 2 is 1.50 bits per heavy atom. The summed E-state index contributed by atoms with van der Waals surface area (Å²) in [4.78, 5) is 62.3. The topological polar surface area (TPSA) is 135 Å². The summed E-state index contributed by atoms with van der Waals surface area (Å²) in [5.74, 6) is -3.57. The van der Waals surface area contributed by atoms with Gasteiger partial charge in [-0.3, -0.25) is 28.9 Å². The molecule has 2 aliphatic rings. The second-order valence-electron chi connectivity index (χ2n) is 8.19. The number of thioether (sulfide) groups is 1. The van der Waals surface area contributed by atoms with E-state index in [1.54, 1.807) is 30.3 Å². The van der Waals surface area contributed by atoms with Crippen LogP contribution in [0.1, 0.15) is 33.3 Å². The molecule has 38 heavy (non-hydrogen) atoms. The molecule has 0 radical (unpaired) electrons. The largest absolute Gasteiger partial charge is 0.463 e. The summed E-state index contributed by atoms with van der Waals surface area (Å²) in [6.45, 7) is 4.07. The Hall–Kier alpha value is -3.00. The minimum Gasteiger partial charge on any atom is -0.463 e. The second kappa shape index (κ2) is 12.7. The standard InChI is InChI=1S/C24H24ClNO10S2/c1-11(27)32-10-17-19(33-12(2)28)20(34-13(3)29)21(35-14(4)30)23(36-17)26-22(31)18(38-24(26)37)9-15-5-7-16(25)8-6-15/h5-9,17,19-21,23H,10H2,1-4H3/b18-9+/t17-,19+,20+,21+,23-/m1/s1. The molecule has 5 atom stereocenters. The molecule has 2 saturated heterocycles. The lowest BCUT2D eigenvalue weighted by atomic mass is 9.96. The fraction of sp³-hybridized carbons (Fsp3) is 0.417. The Morgan fingerprint density at radius 1 is 0.947 bits per heavy atom. The zero-order chi connectivity index (χ0) is 28.1. The van der Waals surface area contributed by atoms with E-state index in [0.29, 0.717) is 10.6 Å². The number of esters is 4. The number of carbonyl (C=O) groups excluding carboxylic acids is 5. The van der Waals surface area contributed by atoms with Crippen LogP contribution in [-0.2, 0) is 47.7 Å². The van der Waals surface area contributed by atoms with Crippen molar-refractivity contribution in [3.05, 3.63) is 39.8 Å². The lowest BCUT2D eigenvalue weighted by Gasteiger charge is -2.46. The molecule has 1 amide bonds. The number of hydrogen-bond donors (Lipinski definition) is 0. The van der Waals surface area contributed by atoms with E-state index >= 15 is 0 Å². The third-order valence-corrected chi connectivity index (χ3v) is 6.79. The maximum absolute atomic E-state index is 13.5. The molecule has 1 aromatic rings. The highest BCUT2D eigenvalue weighted by molar-refractivity contribution is 8.26. The Kier molecular flexibility index (Phi) is 9.88. The van der Waals surface area contributed by atoms with Gasteiger partial charge in [-0.25, -0.2) is 0 Å². The van der Waals surface area contributed by atoms with Crippen molar-refractivity contribution in [2.24, 2.45) is 0 Å². The summed E-state index contributed by atoms with van der Waals surface area (Å²) in [5.41, 5.74) is 0.677. The molecular weight excluding hydrogens is 562 g/mol. The fourth-order valence-corrected chi connectivity index (χ4v) is 5.26. The molecule has 11 nitrogen and oxygen atoms in total. The molecule has 14 heteroatoms. The molecule has 204 valence electrons.